The number of nitrogens with zero attached hydrogens (tertiary/aromatic N) is 4. The van der Waals surface area contributed by atoms with E-state index in [4.69, 9.17) is 17.3 Å². The van der Waals surface area contributed by atoms with Crippen molar-refractivity contribution < 1.29 is 24.2 Å². The van der Waals surface area contributed by atoms with Crippen LogP contribution in [-0.4, -0.2) is 40.8 Å². The van der Waals surface area contributed by atoms with E-state index in [0.717, 1.165) is 5.56 Å². The zero-order chi connectivity index (χ0) is 29.8. The summed E-state index contributed by atoms with van der Waals surface area (Å²) >= 11 is 5.88. The molecule has 0 aliphatic carbocycles. The Morgan fingerprint density at radius 3 is 2.19 bits per heavy atom. The summed E-state index contributed by atoms with van der Waals surface area (Å²) in [4.78, 5) is 32.0. The fourth-order valence-corrected chi connectivity index (χ4v) is 4.37. The molecule has 0 radical (unpaired) electrons. The summed E-state index contributed by atoms with van der Waals surface area (Å²) in [6.07, 6.45) is 4.74. The monoisotopic (exact) mass is 586 g/mol. The first-order chi connectivity index (χ1) is 20.3. The molecule has 42 heavy (non-hydrogen) atoms. The van der Waals surface area contributed by atoms with Gasteiger partial charge in [0.2, 0.25) is 5.91 Å². The molecule has 0 fully saturated rings. The number of halogens is 2. The number of imidazole rings is 2. The third-order valence-corrected chi connectivity index (χ3v) is 6.63. The zero-order valence-electron chi connectivity index (χ0n) is 21.9. The number of carbonyl (C=O) groups is 2. The number of benzene rings is 2. The second kappa shape index (κ2) is 12.2. The quantitative estimate of drug-likeness (QED) is 0.226. The molecule has 212 valence electrons. The normalized spacial score (nSPS) is 10.9. The number of carbonyl (C=O) groups excluding carboxylic acids is 2. The van der Waals surface area contributed by atoms with Gasteiger partial charge in [0.25, 0.3) is 5.91 Å². The third kappa shape index (κ3) is 5.98. The average molecular weight is 587 g/mol. The highest BCUT2D eigenvalue weighted by Gasteiger charge is 2.15. The van der Waals surface area contributed by atoms with Crippen LogP contribution in [-0.2, 0) is 13.2 Å². The maximum atomic E-state index is 12.8. The fraction of sp³-hybridized carbons (Fsp3) is 0.0667. The highest BCUT2D eigenvalue weighted by molar-refractivity contribution is 6.30. The van der Waals surface area contributed by atoms with Crippen LogP contribution in [0.4, 0.5) is 10.1 Å². The van der Waals surface area contributed by atoms with Crippen LogP contribution in [0, 0.1) is 5.82 Å². The number of primary amides is 1. The standard InChI is InChI=1S/C15H12ClN3O2.C15H12FN3O2/c16-11-4-1-9(2-5-11)14-12(8-20)19-7-10(15(17)21)3-6-13(19)18-14;16-11-2-4-12(5-3-11)18-15(21)10-1-6-14-17-7-13(9-20)19(14)8-10/h1-7,20H,8H2,(H2,17,21);1-8,20H,9H2,(H,18,21). The lowest BCUT2D eigenvalue weighted by molar-refractivity contribution is 0.0997. The van der Waals surface area contributed by atoms with Gasteiger partial charge >= 0.3 is 0 Å². The average Bonchev–Trinajstić information content (AvgIpc) is 3.59. The Hall–Kier alpha value is -5.10. The molecule has 0 atom stereocenters. The molecule has 0 spiro atoms. The summed E-state index contributed by atoms with van der Waals surface area (Å²) in [5.74, 6) is -1.20. The Morgan fingerprint density at radius 1 is 0.857 bits per heavy atom. The number of hydrogen-bond donors (Lipinski definition) is 4. The van der Waals surface area contributed by atoms with Crippen molar-refractivity contribution in [1.29, 1.82) is 0 Å². The van der Waals surface area contributed by atoms with Crippen molar-refractivity contribution in [3.8, 4) is 11.3 Å². The molecule has 4 aromatic heterocycles. The van der Waals surface area contributed by atoms with Crippen LogP contribution >= 0.6 is 11.6 Å². The number of nitrogens with two attached hydrogens (primary N) is 1. The molecule has 0 bridgehead atoms. The van der Waals surface area contributed by atoms with Gasteiger partial charge in [-0.2, -0.15) is 0 Å². The van der Waals surface area contributed by atoms with Gasteiger partial charge in [0.05, 0.1) is 47.6 Å². The summed E-state index contributed by atoms with van der Waals surface area (Å²) in [7, 11) is 0. The van der Waals surface area contributed by atoms with Crippen molar-refractivity contribution in [3.05, 3.63) is 125 Å². The van der Waals surface area contributed by atoms with Crippen LogP contribution in [0.5, 0.6) is 0 Å². The van der Waals surface area contributed by atoms with Crippen molar-refractivity contribution >= 4 is 40.4 Å². The number of rotatable bonds is 6. The molecule has 0 aliphatic heterocycles. The topological polar surface area (TPSA) is 147 Å². The molecule has 0 aliphatic rings. The first-order valence-electron chi connectivity index (χ1n) is 12.6. The second-order valence-electron chi connectivity index (χ2n) is 9.10. The molecular weight excluding hydrogens is 563 g/mol. The van der Waals surface area contributed by atoms with Crippen LogP contribution in [0.1, 0.15) is 32.1 Å². The van der Waals surface area contributed by atoms with Gasteiger partial charge in [0.1, 0.15) is 17.1 Å². The van der Waals surface area contributed by atoms with E-state index in [-0.39, 0.29) is 24.9 Å². The summed E-state index contributed by atoms with van der Waals surface area (Å²) in [6, 6.07) is 19.4. The molecule has 0 saturated carbocycles. The minimum atomic E-state index is -0.525. The van der Waals surface area contributed by atoms with E-state index in [0.29, 0.717) is 50.2 Å². The molecule has 6 aromatic rings. The predicted molar refractivity (Wildman–Crippen MR) is 156 cm³/mol. The smallest absolute Gasteiger partial charge is 0.257 e. The molecular formula is C30H24ClFN6O4. The van der Waals surface area contributed by atoms with Gasteiger partial charge in [-0.1, -0.05) is 23.7 Å². The Kier molecular flexibility index (Phi) is 8.25. The van der Waals surface area contributed by atoms with Crippen molar-refractivity contribution in [2.75, 3.05) is 5.32 Å². The molecule has 0 saturated heterocycles. The number of aliphatic hydroxyl groups excluding tert-OH is 2. The van der Waals surface area contributed by atoms with E-state index in [1.165, 1.54) is 24.3 Å². The number of pyridine rings is 2. The lowest BCUT2D eigenvalue weighted by Crippen LogP contribution is -2.12. The Labute approximate surface area is 243 Å². The van der Waals surface area contributed by atoms with E-state index in [9.17, 15) is 24.2 Å². The number of hydrogen-bond acceptors (Lipinski definition) is 6. The molecule has 12 heteroatoms. The minimum absolute atomic E-state index is 0.162. The molecule has 4 heterocycles. The number of aliphatic hydroxyl groups is 2. The van der Waals surface area contributed by atoms with Crippen molar-refractivity contribution in [2.24, 2.45) is 5.73 Å². The molecule has 5 N–H and O–H groups in total. The second-order valence-corrected chi connectivity index (χ2v) is 9.53. The van der Waals surface area contributed by atoms with Crippen LogP contribution in [0.2, 0.25) is 5.02 Å². The maximum absolute atomic E-state index is 12.8. The molecule has 2 amide bonds. The molecule has 6 rings (SSSR count). The minimum Gasteiger partial charge on any atom is -0.390 e. The van der Waals surface area contributed by atoms with Crippen LogP contribution in [0.15, 0.2) is 91.4 Å². The van der Waals surface area contributed by atoms with Gasteiger partial charge in [-0.3, -0.25) is 9.59 Å². The molecule has 10 nitrogen and oxygen atoms in total. The van der Waals surface area contributed by atoms with Gasteiger partial charge < -0.3 is 30.1 Å². The molecule has 2 aromatic carbocycles. The summed E-state index contributed by atoms with van der Waals surface area (Å²) in [5, 5.41) is 22.2. The zero-order valence-corrected chi connectivity index (χ0v) is 22.7. The summed E-state index contributed by atoms with van der Waals surface area (Å²) in [6.45, 7) is -0.370. The first kappa shape index (κ1) is 28.4. The molecule has 0 unspecified atom stereocenters. The highest BCUT2D eigenvalue weighted by atomic mass is 35.5. The van der Waals surface area contributed by atoms with Crippen LogP contribution < -0.4 is 11.1 Å². The Balaban J connectivity index is 0.000000168. The lowest BCUT2D eigenvalue weighted by atomic mass is 10.1. The Bertz CT molecular complexity index is 1900. The van der Waals surface area contributed by atoms with E-state index >= 15 is 0 Å². The number of aromatic nitrogens is 4. The van der Waals surface area contributed by atoms with Gasteiger partial charge in [-0.15, -0.1) is 0 Å². The Morgan fingerprint density at radius 2 is 1.52 bits per heavy atom. The first-order valence-corrected chi connectivity index (χ1v) is 13.0. The SMILES string of the molecule is NC(=O)c1ccc2nc(-c3ccc(Cl)cc3)c(CO)n2c1.O=C(Nc1ccc(F)cc1)c1ccc2ncc(CO)n2c1. The van der Waals surface area contributed by atoms with Crippen LogP contribution in [0.3, 0.4) is 0 Å². The van der Waals surface area contributed by atoms with Gasteiger partial charge in [0, 0.05) is 28.7 Å². The predicted octanol–water partition coefficient (Wildman–Crippen LogP) is 4.46. The summed E-state index contributed by atoms with van der Waals surface area (Å²) < 4.78 is 16.1. The van der Waals surface area contributed by atoms with E-state index in [1.807, 2.05) is 12.1 Å². The fourth-order valence-electron chi connectivity index (χ4n) is 4.25. The number of anilines is 1. The number of nitrogens with one attached hydrogen (secondary N) is 1. The van der Waals surface area contributed by atoms with Crippen molar-refractivity contribution in [2.45, 2.75) is 13.2 Å². The van der Waals surface area contributed by atoms with E-state index in [1.54, 1.807) is 63.8 Å². The van der Waals surface area contributed by atoms with E-state index < -0.39 is 5.91 Å². The lowest BCUT2D eigenvalue weighted by Gasteiger charge is -2.06. The highest BCUT2D eigenvalue weighted by Crippen LogP contribution is 2.26. The van der Waals surface area contributed by atoms with Crippen LogP contribution in [0.25, 0.3) is 22.6 Å². The van der Waals surface area contributed by atoms with Gasteiger partial charge in [-0.25, -0.2) is 14.4 Å². The van der Waals surface area contributed by atoms with Gasteiger partial charge in [0.15, 0.2) is 0 Å². The van der Waals surface area contributed by atoms with Gasteiger partial charge in [-0.05, 0) is 60.7 Å². The van der Waals surface area contributed by atoms with E-state index in [2.05, 4.69) is 15.3 Å². The largest absolute Gasteiger partial charge is 0.390 e. The third-order valence-electron chi connectivity index (χ3n) is 6.38. The maximum Gasteiger partial charge on any atom is 0.257 e. The number of fused-ring (bicyclic) bond motifs is 2. The van der Waals surface area contributed by atoms with Crippen molar-refractivity contribution in [3.63, 3.8) is 0 Å². The summed E-state index contributed by atoms with van der Waals surface area (Å²) in [5.41, 5.74) is 10.5. The van der Waals surface area contributed by atoms with Crippen molar-refractivity contribution in [1.82, 2.24) is 18.8 Å². The number of amides is 2.